The average Bonchev–Trinajstić information content (AvgIpc) is 2.21. The molecular weight excluding hydrogens is 190 g/mol. The number of hydrogen-bond acceptors (Lipinski definition) is 3. The fraction of sp³-hybridized carbons (Fsp3) is 0.364. The molecular formula is C11H17N3O. The van der Waals surface area contributed by atoms with Crippen LogP contribution in [-0.2, 0) is 11.3 Å². The van der Waals surface area contributed by atoms with E-state index in [1.54, 1.807) is 7.05 Å². The van der Waals surface area contributed by atoms with Gasteiger partial charge in [0.25, 0.3) is 0 Å². The van der Waals surface area contributed by atoms with Crippen LogP contribution in [0.15, 0.2) is 24.3 Å². The molecule has 0 aliphatic heterocycles. The largest absolute Gasteiger partial charge is 0.399 e. The Morgan fingerprint density at radius 3 is 2.53 bits per heavy atom. The molecule has 1 aromatic carbocycles. The molecule has 0 atom stereocenters. The summed E-state index contributed by atoms with van der Waals surface area (Å²) >= 11 is 0. The molecule has 0 bridgehead atoms. The summed E-state index contributed by atoms with van der Waals surface area (Å²) in [5, 5.41) is 2.59. The molecule has 4 nitrogen and oxygen atoms in total. The van der Waals surface area contributed by atoms with Gasteiger partial charge in [-0.15, -0.1) is 0 Å². The first-order valence-electron chi connectivity index (χ1n) is 4.85. The lowest BCUT2D eigenvalue weighted by atomic mass is 10.2. The summed E-state index contributed by atoms with van der Waals surface area (Å²) in [4.78, 5) is 13.0. The second kappa shape index (κ2) is 5.36. The van der Waals surface area contributed by atoms with Crippen molar-refractivity contribution in [2.24, 2.45) is 0 Å². The summed E-state index contributed by atoms with van der Waals surface area (Å²) in [7, 11) is 3.55. The van der Waals surface area contributed by atoms with E-state index in [0.29, 0.717) is 6.54 Å². The zero-order valence-corrected chi connectivity index (χ0v) is 9.16. The molecule has 0 heterocycles. The number of likely N-dealkylation sites (N-methyl/N-ethyl adjacent to an activating group) is 2. The lowest BCUT2D eigenvalue weighted by molar-refractivity contribution is -0.121. The van der Waals surface area contributed by atoms with Crippen LogP contribution in [0, 0.1) is 0 Å². The zero-order valence-electron chi connectivity index (χ0n) is 9.16. The van der Waals surface area contributed by atoms with Crippen LogP contribution in [0.1, 0.15) is 5.56 Å². The number of nitrogens with zero attached hydrogens (tertiary/aromatic N) is 1. The monoisotopic (exact) mass is 207 g/mol. The van der Waals surface area contributed by atoms with Gasteiger partial charge in [-0.1, -0.05) is 12.1 Å². The second-order valence-corrected chi connectivity index (χ2v) is 3.59. The Kier molecular flexibility index (Phi) is 4.12. The first kappa shape index (κ1) is 11.5. The van der Waals surface area contributed by atoms with Gasteiger partial charge in [-0.25, -0.2) is 0 Å². The molecule has 0 spiro atoms. The number of nitrogen functional groups attached to an aromatic ring is 1. The fourth-order valence-corrected chi connectivity index (χ4v) is 1.31. The quantitative estimate of drug-likeness (QED) is 0.705. The standard InChI is InChI=1S/C11H17N3O/c1-13-11(15)8-14(2)7-9-3-5-10(12)6-4-9/h3-6H,7-8,12H2,1-2H3,(H,13,15). The van der Waals surface area contributed by atoms with Gasteiger partial charge in [0.15, 0.2) is 0 Å². The topological polar surface area (TPSA) is 58.4 Å². The van der Waals surface area contributed by atoms with Crippen molar-refractivity contribution in [2.75, 3.05) is 26.4 Å². The molecule has 82 valence electrons. The lowest BCUT2D eigenvalue weighted by Gasteiger charge is -2.15. The first-order valence-corrected chi connectivity index (χ1v) is 4.85. The number of nitrogens with one attached hydrogen (secondary N) is 1. The van der Waals surface area contributed by atoms with Crippen LogP contribution < -0.4 is 11.1 Å². The maximum absolute atomic E-state index is 11.1. The van der Waals surface area contributed by atoms with E-state index < -0.39 is 0 Å². The third-order valence-electron chi connectivity index (χ3n) is 2.12. The van der Waals surface area contributed by atoms with Gasteiger partial charge >= 0.3 is 0 Å². The Morgan fingerprint density at radius 1 is 1.40 bits per heavy atom. The molecule has 0 fully saturated rings. The number of nitrogens with two attached hydrogens (primary N) is 1. The third kappa shape index (κ3) is 3.99. The minimum atomic E-state index is 0.0212. The first-order chi connectivity index (χ1) is 7.11. The molecule has 1 amide bonds. The van der Waals surface area contributed by atoms with Gasteiger partial charge in [0.2, 0.25) is 5.91 Å². The summed E-state index contributed by atoms with van der Waals surface area (Å²) in [6.07, 6.45) is 0. The summed E-state index contributed by atoms with van der Waals surface area (Å²) in [6, 6.07) is 7.66. The molecule has 0 aliphatic carbocycles. The maximum atomic E-state index is 11.1. The number of anilines is 1. The number of rotatable bonds is 4. The molecule has 0 aliphatic rings. The van der Waals surface area contributed by atoms with Crippen LogP contribution in [-0.4, -0.2) is 31.4 Å². The second-order valence-electron chi connectivity index (χ2n) is 3.59. The van der Waals surface area contributed by atoms with Gasteiger partial charge in [-0.2, -0.15) is 0 Å². The number of carbonyl (C=O) groups is 1. The highest BCUT2D eigenvalue weighted by Crippen LogP contribution is 2.07. The van der Waals surface area contributed by atoms with Gasteiger partial charge in [-0.3, -0.25) is 9.69 Å². The van der Waals surface area contributed by atoms with Crippen molar-refractivity contribution in [2.45, 2.75) is 6.54 Å². The fourth-order valence-electron chi connectivity index (χ4n) is 1.31. The SMILES string of the molecule is CNC(=O)CN(C)Cc1ccc(N)cc1. The predicted molar refractivity (Wildman–Crippen MR) is 61.3 cm³/mol. The van der Waals surface area contributed by atoms with E-state index in [1.165, 1.54) is 0 Å². The predicted octanol–water partition coefficient (Wildman–Crippen LogP) is 0.447. The molecule has 15 heavy (non-hydrogen) atoms. The van der Waals surface area contributed by atoms with Crippen LogP contribution in [0.2, 0.25) is 0 Å². The van der Waals surface area contributed by atoms with Crippen LogP contribution in [0.4, 0.5) is 5.69 Å². The van der Waals surface area contributed by atoms with E-state index in [0.717, 1.165) is 17.8 Å². The van der Waals surface area contributed by atoms with Gasteiger partial charge in [-0.05, 0) is 24.7 Å². The van der Waals surface area contributed by atoms with Crippen LogP contribution in [0.5, 0.6) is 0 Å². The molecule has 4 heteroatoms. The van der Waals surface area contributed by atoms with E-state index in [9.17, 15) is 4.79 Å². The van der Waals surface area contributed by atoms with Gasteiger partial charge in [0.05, 0.1) is 6.54 Å². The molecule has 0 radical (unpaired) electrons. The smallest absolute Gasteiger partial charge is 0.233 e. The van der Waals surface area contributed by atoms with Crippen molar-refractivity contribution in [3.8, 4) is 0 Å². The highest BCUT2D eigenvalue weighted by molar-refractivity contribution is 5.77. The van der Waals surface area contributed by atoms with E-state index in [-0.39, 0.29) is 5.91 Å². The highest BCUT2D eigenvalue weighted by atomic mass is 16.1. The van der Waals surface area contributed by atoms with Crippen LogP contribution in [0.25, 0.3) is 0 Å². The summed E-state index contributed by atoms with van der Waals surface area (Å²) in [6.45, 7) is 1.15. The molecule has 0 saturated carbocycles. The van der Waals surface area contributed by atoms with E-state index in [2.05, 4.69) is 5.32 Å². The summed E-state index contributed by atoms with van der Waals surface area (Å²) in [5.41, 5.74) is 7.49. The van der Waals surface area contributed by atoms with Crippen LogP contribution in [0.3, 0.4) is 0 Å². The normalized spacial score (nSPS) is 10.3. The Hall–Kier alpha value is -1.55. The number of amides is 1. The van der Waals surface area contributed by atoms with Gasteiger partial charge in [0, 0.05) is 19.3 Å². The van der Waals surface area contributed by atoms with Crippen molar-refractivity contribution in [1.82, 2.24) is 10.2 Å². The highest BCUT2D eigenvalue weighted by Gasteiger charge is 2.04. The van der Waals surface area contributed by atoms with Crippen molar-refractivity contribution < 1.29 is 4.79 Å². The Morgan fingerprint density at radius 2 is 2.00 bits per heavy atom. The zero-order chi connectivity index (χ0) is 11.3. The molecule has 1 rings (SSSR count). The minimum Gasteiger partial charge on any atom is -0.399 e. The van der Waals surface area contributed by atoms with E-state index >= 15 is 0 Å². The Bertz CT molecular complexity index is 321. The third-order valence-corrected chi connectivity index (χ3v) is 2.12. The van der Waals surface area contributed by atoms with Gasteiger partial charge < -0.3 is 11.1 Å². The van der Waals surface area contributed by atoms with Crippen molar-refractivity contribution >= 4 is 11.6 Å². The average molecular weight is 207 g/mol. The summed E-state index contributed by atoms with van der Waals surface area (Å²) < 4.78 is 0. The van der Waals surface area contributed by atoms with Crippen molar-refractivity contribution in [3.05, 3.63) is 29.8 Å². The Balaban J connectivity index is 2.47. The number of hydrogen-bond donors (Lipinski definition) is 2. The van der Waals surface area contributed by atoms with Crippen molar-refractivity contribution in [3.63, 3.8) is 0 Å². The van der Waals surface area contributed by atoms with Crippen molar-refractivity contribution in [1.29, 1.82) is 0 Å². The number of benzene rings is 1. The molecule has 0 saturated heterocycles. The lowest BCUT2D eigenvalue weighted by Crippen LogP contribution is -2.32. The van der Waals surface area contributed by atoms with E-state index in [1.807, 2.05) is 36.2 Å². The van der Waals surface area contributed by atoms with E-state index in [4.69, 9.17) is 5.73 Å². The van der Waals surface area contributed by atoms with Gasteiger partial charge in [0.1, 0.15) is 0 Å². The van der Waals surface area contributed by atoms with Crippen LogP contribution >= 0.6 is 0 Å². The maximum Gasteiger partial charge on any atom is 0.233 e. The minimum absolute atomic E-state index is 0.0212. The molecule has 0 aromatic heterocycles. The molecule has 1 aromatic rings. The molecule has 0 unspecified atom stereocenters. The molecule has 3 N–H and O–H groups in total. The summed E-state index contributed by atoms with van der Waals surface area (Å²) in [5.74, 6) is 0.0212. The Labute approximate surface area is 90.1 Å². The number of carbonyl (C=O) groups excluding carboxylic acids is 1.